The molecule has 3 aromatic carbocycles. The molecule has 0 amide bonds. The van der Waals surface area contributed by atoms with Gasteiger partial charge in [-0.3, -0.25) is 4.79 Å². The molecule has 0 atom stereocenters. The number of carbonyl (C=O) groups excluding carboxylic acids is 1. The van der Waals surface area contributed by atoms with Crippen molar-refractivity contribution in [3.05, 3.63) is 101 Å². The van der Waals surface area contributed by atoms with Crippen LogP contribution in [0.4, 0.5) is 16.4 Å². The number of nitrogen functional groups attached to an aromatic ring is 1. The molecule has 7 heteroatoms. The summed E-state index contributed by atoms with van der Waals surface area (Å²) in [5.74, 6) is -0.315. The highest BCUT2D eigenvalue weighted by molar-refractivity contribution is 7.92. The average molecular weight is 449 g/mol. The van der Waals surface area contributed by atoms with Gasteiger partial charge in [0.05, 0.1) is 10.6 Å². The Labute approximate surface area is 185 Å². The summed E-state index contributed by atoms with van der Waals surface area (Å²) in [7, 11) is -3.95. The number of nitrogens with two attached hydrogens (primary N) is 1. The Morgan fingerprint density at radius 3 is 2.19 bits per heavy atom. The standard InChI is InChI=1S/C24H20N2O3S2/c1-16-9-8-12-18(15-16)26-24-23(31(28,29)19-13-6-3-7-14-19)20(25)22(30-24)21(27)17-10-4-2-5-11-17/h2-15,26H,25H2,1H3. The van der Waals surface area contributed by atoms with Crippen LogP contribution in [0.2, 0.25) is 0 Å². The Hall–Kier alpha value is -3.42. The van der Waals surface area contributed by atoms with Gasteiger partial charge in [-0.25, -0.2) is 8.42 Å². The van der Waals surface area contributed by atoms with Gasteiger partial charge in [0.1, 0.15) is 14.8 Å². The van der Waals surface area contributed by atoms with Crippen LogP contribution in [0.25, 0.3) is 0 Å². The van der Waals surface area contributed by atoms with Crippen molar-refractivity contribution < 1.29 is 13.2 Å². The first kappa shape index (κ1) is 20.8. The third kappa shape index (κ3) is 4.10. The van der Waals surface area contributed by atoms with Gasteiger partial charge in [-0.15, -0.1) is 11.3 Å². The quantitative estimate of drug-likeness (QED) is 0.383. The van der Waals surface area contributed by atoms with Crippen LogP contribution in [0.15, 0.2) is 94.7 Å². The van der Waals surface area contributed by atoms with Crippen LogP contribution in [0, 0.1) is 6.92 Å². The van der Waals surface area contributed by atoms with Crippen molar-refractivity contribution in [2.75, 3.05) is 11.1 Å². The van der Waals surface area contributed by atoms with Crippen LogP contribution in [0.5, 0.6) is 0 Å². The highest BCUT2D eigenvalue weighted by atomic mass is 32.2. The second kappa shape index (κ2) is 8.37. The Kier molecular flexibility index (Phi) is 5.63. The van der Waals surface area contributed by atoms with Gasteiger partial charge in [0, 0.05) is 11.3 Å². The molecule has 0 fully saturated rings. The minimum Gasteiger partial charge on any atom is -0.396 e. The van der Waals surface area contributed by atoms with E-state index >= 15 is 0 Å². The molecule has 0 bridgehead atoms. The monoisotopic (exact) mass is 448 g/mol. The smallest absolute Gasteiger partial charge is 0.211 e. The van der Waals surface area contributed by atoms with Crippen molar-refractivity contribution in [2.24, 2.45) is 0 Å². The molecule has 0 aliphatic heterocycles. The predicted molar refractivity (Wildman–Crippen MR) is 125 cm³/mol. The minimum absolute atomic E-state index is 0.0436. The molecule has 0 unspecified atom stereocenters. The second-order valence-electron chi connectivity index (χ2n) is 7.01. The molecule has 1 heterocycles. The summed E-state index contributed by atoms with van der Waals surface area (Å²) in [6.07, 6.45) is 0. The first-order chi connectivity index (χ1) is 14.9. The maximum atomic E-state index is 13.5. The van der Waals surface area contributed by atoms with Crippen LogP contribution < -0.4 is 11.1 Å². The number of hydrogen-bond donors (Lipinski definition) is 2. The SMILES string of the molecule is Cc1cccc(Nc2sc(C(=O)c3ccccc3)c(N)c2S(=O)(=O)c2ccccc2)c1. The summed E-state index contributed by atoms with van der Waals surface area (Å²) < 4.78 is 27.0. The Bertz CT molecular complexity index is 1350. The number of rotatable bonds is 6. The van der Waals surface area contributed by atoms with Gasteiger partial charge in [-0.2, -0.15) is 0 Å². The molecule has 0 aliphatic rings. The van der Waals surface area contributed by atoms with Crippen LogP contribution in [0.3, 0.4) is 0 Å². The van der Waals surface area contributed by atoms with Crippen molar-refractivity contribution in [3.63, 3.8) is 0 Å². The van der Waals surface area contributed by atoms with Gasteiger partial charge < -0.3 is 11.1 Å². The zero-order valence-electron chi connectivity index (χ0n) is 16.7. The molecule has 31 heavy (non-hydrogen) atoms. The van der Waals surface area contributed by atoms with Gasteiger partial charge >= 0.3 is 0 Å². The van der Waals surface area contributed by atoms with Gasteiger partial charge in [0.15, 0.2) is 0 Å². The molecule has 5 nitrogen and oxygen atoms in total. The van der Waals surface area contributed by atoms with E-state index in [1.165, 1.54) is 12.1 Å². The lowest BCUT2D eigenvalue weighted by atomic mass is 10.1. The molecule has 0 aliphatic carbocycles. The molecular weight excluding hydrogens is 428 g/mol. The topological polar surface area (TPSA) is 89.3 Å². The normalized spacial score (nSPS) is 11.3. The lowest BCUT2D eigenvalue weighted by Crippen LogP contribution is -2.08. The number of benzene rings is 3. The van der Waals surface area contributed by atoms with Crippen molar-refractivity contribution in [1.29, 1.82) is 0 Å². The molecule has 0 spiro atoms. The van der Waals surface area contributed by atoms with E-state index in [1.807, 2.05) is 37.3 Å². The molecule has 3 N–H and O–H groups in total. The molecule has 156 valence electrons. The summed E-state index contributed by atoms with van der Waals surface area (Å²) in [5, 5.41) is 3.48. The van der Waals surface area contributed by atoms with Gasteiger partial charge in [0.25, 0.3) is 0 Å². The molecular formula is C24H20N2O3S2. The van der Waals surface area contributed by atoms with Crippen molar-refractivity contribution in [1.82, 2.24) is 0 Å². The van der Waals surface area contributed by atoms with Crippen LogP contribution in [-0.2, 0) is 9.84 Å². The summed E-state index contributed by atoms with van der Waals surface area (Å²) in [6.45, 7) is 1.94. The minimum atomic E-state index is -3.95. The molecule has 4 rings (SSSR count). The van der Waals surface area contributed by atoms with Gasteiger partial charge in [-0.05, 0) is 36.8 Å². The average Bonchev–Trinajstić information content (AvgIpc) is 3.10. The lowest BCUT2D eigenvalue weighted by molar-refractivity contribution is 0.104. The lowest BCUT2D eigenvalue weighted by Gasteiger charge is -2.10. The van der Waals surface area contributed by atoms with Gasteiger partial charge in [-0.1, -0.05) is 60.7 Å². The first-order valence-corrected chi connectivity index (χ1v) is 11.8. The number of nitrogens with one attached hydrogen (secondary N) is 1. The first-order valence-electron chi connectivity index (χ1n) is 9.54. The maximum Gasteiger partial charge on any atom is 0.211 e. The third-order valence-electron chi connectivity index (χ3n) is 4.74. The number of sulfone groups is 1. The van der Waals surface area contributed by atoms with Crippen LogP contribution >= 0.6 is 11.3 Å². The summed E-state index contributed by atoms with van der Waals surface area (Å²) in [5.41, 5.74) is 8.45. The third-order valence-corrected chi connectivity index (χ3v) is 7.84. The Morgan fingerprint density at radius 1 is 0.903 bits per heavy atom. The number of thiophene rings is 1. The van der Waals surface area contributed by atoms with E-state index in [4.69, 9.17) is 5.73 Å². The van der Waals surface area contributed by atoms with E-state index in [-0.39, 0.29) is 26.1 Å². The van der Waals surface area contributed by atoms with Crippen molar-refractivity contribution >= 4 is 43.3 Å². The molecule has 4 aromatic rings. The molecule has 1 aromatic heterocycles. The van der Waals surface area contributed by atoms with Crippen molar-refractivity contribution in [2.45, 2.75) is 16.7 Å². The zero-order chi connectivity index (χ0) is 22.0. The summed E-state index contributed by atoms with van der Waals surface area (Å²) in [4.78, 5) is 13.3. The molecule has 0 radical (unpaired) electrons. The van der Waals surface area contributed by atoms with E-state index < -0.39 is 9.84 Å². The van der Waals surface area contributed by atoms with E-state index in [9.17, 15) is 13.2 Å². The Balaban J connectivity index is 1.89. The van der Waals surface area contributed by atoms with E-state index in [0.29, 0.717) is 16.3 Å². The maximum absolute atomic E-state index is 13.5. The van der Waals surface area contributed by atoms with E-state index in [1.54, 1.807) is 42.5 Å². The number of carbonyl (C=O) groups is 1. The zero-order valence-corrected chi connectivity index (χ0v) is 18.3. The largest absolute Gasteiger partial charge is 0.396 e. The van der Waals surface area contributed by atoms with E-state index in [0.717, 1.165) is 16.9 Å². The fourth-order valence-electron chi connectivity index (χ4n) is 3.24. The number of aryl methyl sites for hydroxylation is 1. The summed E-state index contributed by atoms with van der Waals surface area (Å²) >= 11 is 1.05. The fraction of sp³-hybridized carbons (Fsp3) is 0.0417. The van der Waals surface area contributed by atoms with E-state index in [2.05, 4.69) is 5.32 Å². The highest BCUT2D eigenvalue weighted by Gasteiger charge is 2.31. The molecule has 0 saturated carbocycles. The highest BCUT2D eigenvalue weighted by Crippen LogP contribution is 2.44. The summed E-state index contributed by atoms with van der Waals surface area (Å²) in [6, 6.07) is 24.3. The van der Waals surface area contributed by atoms with Crippen LogP contribution in [-0.4, -0.2) is 14.2 Å². The molecule has 0 saturated heterocycles. The van der Waals surface area contributed by atoms with Gasteiger partial charge in [0.2, 0.25) is 15.6 Å². The number of hydrogen-bond acceptors (Lipinski definition) is 6. The Morgan fingerprint density at radius 2 is 1.55 bits per heavy atom. The van der Waals surface area contributed by atoms with Crippen molar-refractivity contribution in [3.8, 4) is 0 Å². The predicted octanol–water partition coefficient (Wildman–Crippen LogP) is 5.45. The second-order valence-corrected chi connectivity index (χ2v) is 9.92. The fourth-order valence-corrected chi connectivity index (χ4v) is 6.19. The number of ketones is 1. The van der Waals surface area contributed by atoms with Crippen LogP contribution in [0.1, 0.15) is 20.8 Å². The number of anilines is 3.